The molecule has 0 saturated carbocycles. The number of rotatable bonds is 2. The number of hydrogen-bond acceptors (Lipinski definition) is 3. The van der Waals surface area contributed by atoms with Crippen LogP contribution in [0.5, 0.6) is 0 Å². The van der Waals surface area contributed by atoms with Crippen molar-refractivity contribution in [2.24, 2.45) is 0 Å². The summed E-state index contributed by atoms with van der Waals surface area (Å²) in [7, 11) is 0. The van der Waals surface area contributed by atoms with Crippen LogP contribution in [0.15, 0.2) is 30.5 Å². The summed E-state index contributed by atoms with van der Waals surface area (Å²) in [5.74, 6) is -0.392. The number of nitrogens with two attached hydrogens (primary N) is 1. The molecule has 0 bridgehead atoms. The number of amides is 1. The van der Waals surface area contributed by atoms with Crippen molar-refractivity contribution in [3.05, 3.63) is 41.8 Å². The minimum absolute atomic E-state index is 0.136. The summed E-state index contributed by atoms with van der Waals surface area (Å²) in [5, 5.41) is 4.04. The molecule has 1 aromatic heterocycles. The monoisotopic (exact) mass is 274 g/mol. The fourth-order valence-electron chi connectivity index (χ4n) is 2.43. The smallest absolute Gasteiger partial charge is 0.259 e. The van der Waals surface area contributed by atoms with Gasteiger partial charge in [-0.15, -0.1) is 0 Å². The average Bonchev–Trinajstić information content (AvgIpc) is 3.09. The summed E-state index contributed by atoms with van der Waals surface area (Å²) in [6.07, 6.45) is 3.42. The molecule has 2 aromatic rings. The first-order valence-electron chi connectivity index (χ1n) is 6.56. The quantitative estimate of drug-likeness (QED) is 0.908. The number of nitrogens with zero attached hydrogens (tertiary/aromatic N) is 3. The van der Waals surface area contributed by atoms with Crippen molar-refractivity contribution in [3.63, 3.8) is 0 Å². The van der Waals surface area contributed by atoms with Gasteiger partial charge in [0, 0.05) is 13.1 Å². The second kappa shape index (κ2) is 4.96. The van der Waals surface area contributed by atoms with Crippen LogP contribution in [0.3, 0.4) is 0 Å². The third-order valence-electron chi connectivity index (χ3n) is 3.51. The molecule has 104 valence electrons. The van der Waals surface area contributed by atoms with Crippen molar-refractivity contribution in [3.8, 4) is 5.69 Å². The molecular weight excluding hydrogens is 259 g/mol. The van der Waals surface area contributed by atoms with E-state index in [0.29, 0.717) is 5.56 Å². The van der Waals surface area contributed by atoms with Gasteiger partial charge in [0.25, 0.3) is 5.91 Å². The van der Waals surface area contributed by atoms with E-state index in [1.54, 1.807) is 23.1 Å². The van der Waals surface area contributed by atoms with Crippen molar-refractivity contribution in [2.45, 2.75) is 12.8 Å². The van der Waals surface area contributed by atoms with Gasteiger partial charge in [-0.1, -0.05) is 12.1 Å². The molecule has 0 radical (unpaired) electrons. The highest BCUT2D eigenvalue weighted by atomic mass is 19.1. The number of anilines is 1. The Morgan fingerprint density at radius 3 is 2.65 bits per heavy atom. The van der Waals surface area contributed by atoms with Gasteiger partial charge < -0.3 is 10.6 Å². The standard InChI is InChI=1S/C14H15FN4O/c15-11-5-1-2-6-12(11)19-13(16)10(9-17-19)14(20)18-7-3-4-8-18/h1-2,5-6,9H,3-4,7-8,16H2. The maximum atomic E-state index is 13.8. The minimum Gasteiger partial charge on any atom is -0.383 e. The highest BCUT2D eigenvalue weighted by Gasteiger charge is 2.24. The number of para-hydroxylation sites is 1. The molecule has 5 nitrogen and oxygen atoms in total. The topological polar surface area (TPSA) is 64.2 Å². The first-order valence-corrected chi connectivity index (χ1v) is 6.56. The van der Waals surface area contributed by atoms with Crippen molar-refractivity contribution < 1.29 is 9.18 Å². The van der Waals surface area contributed by atoms with Crippen LogP contribution >= 0.6 is 0 Å². The fourth-order valence-corrected chi connectivity index (χ4v) is 2.43. The highest BCUT2D eigenvalue weighted by Crippen LogP contribution is 2.22. The molecule has 0 spiro atoms. The number of likely N-dealkylation sites (tertiary alicyclic amines) is 1. The number of halogens is 1. The third kappa shape index (κ3) is 2.03. The molecule has 0 aliphatic carbocycles. The Morgan fingerprint density at radius 2 is 1.95 bits per heavy atom. The Kier molecular flexibility index (Phi) is 3.14. The predicted octanol–water partition coefficient (Wildman–Crippen LogP) is 1.83. The van der Waals surface area contributed by atoms with Gasteiger partial charge in [-0.05, 0) is 25.0 Å². The van der Waals surface area contributed by atoms with Gasteiger partial charge in [0.05, 0.1) is 6.20 Å². The molecule has 2 heterocycles. The minimum atomic E-state index is -0.428. The number of aromatic nitrogens is 2. The summed E-state index contributed by atoms with van der Waals surface area (Å²) in [5.41, 5.74) is 6.53. The van der Waals surface area contributed by atoms with E-state index in [2.05, 4.69) is 5.10 Å². The van der Waals surface area contributed by atoms with E-state index in [4.69, 9.17) is 5.73 Å². The Hall–Kier alpha value is -2.37. The first kappa shape index (κ1) is 12.7. The lowest BCUT2D eigenvalue weighted by Crippen LogP contribution is -2.28. The van der Waals surface area contributed by atoms with Crippen LogP contribution < -0.4 is 5.73 Å². The van der Waals surface area contributed by atoms with Crippen molar-refractivity contribution in [1.82, 2.24) is 14.7 Å². The van der Waals surface area contributed by atoms with E-state index in [9.17, 15) is 9.18 Å². The summed E-state index contributed by atoms with van der Waals surface area (Å²) in [4.78, 5) is 14.0. The number of benzene rings is 1. The normalized spacial score (nSPS) is 14.8. The van der Waals surface area contributed by atoms with E-state index in [1.165, 1.54) is 16.9 Å². The average molecular weight is 274 g/mol. The molecule has 6 heteroatoms. The zero-order chi connectivity index (χ0) is 14.1. The van der Waals surface area contributed by atoms with Crippen molar-refractivity contribution in [2.75, 3.05) is 18.8 Å². The van der Waals surface area contributed by atoms with E-state index in [-0.39, 0.29) is 17.4 Å². The van der Waals surface area contributed by atoms with Gasteiger partial charge in [-0.2, -0.15) is 5.10 Å². The summed E-state index contributed by atoms with van der Waals surface area (Å²) < 4.78 is 15.0. The molecule has 20 heavy (non-hydrogen) atoms. The van der Waals surface area contributed by atoms with Gasteiger partial charge in [-0.3, -0.25) is 4.79 Å². The molecule has 1 aliphatic rings. The molecule has 3 rings (SSSR count). The van der Waals surface area contributed by atoms with Crippen LogP contribution in [-0.2, 0) is 0 Å². The zero-order valence-corrected chi connectivity index (χ0v) is 10.9. The maximum Gasteiger partial charge on any atom is 0.259 e. The Labute approximate surface area is 115 Å². The molecule has 0 unspecified atom stereocenters. The van der Waals surface area contributed by atoms with Crippen molar-refractivity contribution >= 4 is 11.7 Å². The van der Waals surface area contributed by atoms with Crippen LogP contribution in [0.1, 0.15) is 23.2 Å². The fraction of sp³-hybridized carbons (Fsp3) is 0.286. The van der Waals surface area contributed by atoms with E-state index < -0.39 is 5.82 Å². The number of carbonyl (C=O) groups is 1. The molecule has 0 atom stereocenters. The Morgan fingerprint density at radius 1 is 1.25 bits per heavy atom. The largest absolute Gasteiger partial charge is 0.383 e. The van der Waals surface area contributed by atoms with E-state index in [0.717, 1.165) is 25.9 Å². The second-order valence-corrected chi connectivity index (χ2v) is 4.81. The number of carbonyl (C=O) groups excluding carboxylic acids is 1. The lowest BCUT2D eigenvalue weighted by Gasteiger charge is -2.14. The zero-order valence-electron chi connectivity index (χ0n) is 10.9. The molecule has 1 aromatic carbocycles. The molecule has 1 fully saturated rings. The van der Waals surface area contributed by atoms with E-state index >= 15 is 0 Å². The summed E-state index contributed by atoms with van der Waals surface area (Å²) in [6, 6.07) is 6.19. The maximum absolute atomic E-state index is 13.8. The van der Waals surface area contributed by atoms with Crippen LogP contribution in [0.2, 0.25) is 0 Å². The lowest BCUT2D eigenvalue weighted by molar-refractivity contribution is 0.0794. The molecule has 1 aliphatic heterocycles. The molecular formula is C14H15FN4O. The van der Waals surface area contributed by atoms with Crippen LogP contribution in [0, 0.1) is 5.82 Å². The van der Waals surface area contributed by atoms with Gasteiger partial charge in [0.15, 0.2) is 0 Å². The first-order chi connectivity index (χ1) is 9.68. The van der Waals surface area contributed by atoms with Gasteiger partial charge in [0.2, 0.25) is 0 Å². The SMILES string of the molecule is Nc1c(C(=O)N2CCCC2)cnn1-c1ccccc1F. The molecule has 2 N–H and O–H groups in total. The second-order valence-electron chi connectivity index (χ2n) is 4.81. The summed E-state index contributed by atoms with van der Waals surface area (Å²) >= 11 is 0. The van der Waals surface area contributed by atoms with Crippen molar-refractivity contribution in [1.29, 1.82) is 0 Å². The van der Waals surface area contributed by atoms with E-state index in [1.807, 2.05) is 0 Å². The Balaban J connectivity index is 1.96. The van der Waals surface area contributed by atoms with Crippen LogP contribution in [-0.4, -0.2) is 33.7 Å². The van der Waals surface area contributed by atoms with Crippen LogP contribution in [0.4, 0.5) is 10.2 Å². The molecule has 1 saturated heterocycles. The third-order valence-corrected chi connectivity index (χ3v) is 3.51. The number of nitrogen functional groups attached to an aromatic ring is 1. The highest BCUT2D eigenvalue weighted by molar-refractivity contribution is 5.98. The van der Waals surface area contributed by atoms with Gasteiger partial charge in [0.1, 0.15) is 22.9 Å². The lowest BCUT2D eigenvalue weighted by atomic mass is 10.2. The molecule has 1 amide bonds. The number of hydrogen-bond donors (Lipinski definition) is 1. The van der Waals surface area contributed by atoms with Gasteiger partial charge >= 0.3 is 0 Å². The van der Waals surface area contributed by atoms with Gasteiger partial charge in [-0.25, -0.2) is 9.07 Å². The predicted molar refractivity (Wildman–Crippen MR) is 73.1 cm³/mol. The van der Waals surface area contributed by atoms with Crippen LogP contribution in [0.25, 0.3) is 5.69 Å². The summed E-state index contributed by atoms with van der Waals surface area (Å²) in [6.45, 7) is 1.48. The Bertz CT molecular complexity index is 646.